The minimum Gasteiger partial charge on any atom is -0.597 e. The molecule has 0 bridgehead atoms. The number of hydrogen-bond acceptors (Lipinski definition) is 4. The van der Waals surface area contributed by atoms with Crippen LogP contribution in [-0.2, 0) is 21.0 Å². The zero-order valence-corrected chi connectivity index (χ0v) is 10.4. The molecule has 92 valence electrons. The second-order valence-corrected chi connectivity index (χ2v) is 7.00. The maximum Gasteiger partial charge on any atom is 0.330 e. The Hall–Kier alpha value is -0.790. The number of hydrogen-bond donors (Lipinski definition) is 2. The van der Waals surface area contributed by atoms with E-state index in [0.29, 0.717) is 0 Å². The summed E-state index contributed by atoms with van der Waals surface area (Å²) >= 11 is -1.65. The molecule has 1 fully saturated rings. The SMILES string of the molecule is CC(C)(C)[S+]([O-])N1[C@@H](C(=O)O)[C@@]1(C)C(=O)O. The van der Waals surface area contributed by atoms with Crippen LogP contribution in [0.1, 0.15) is 27.7 Å². The van der Waals surface area contributed by atoms with Gasteiger partial charge in [0.05, 0.1) is 0 Å². The number of nitrogens with zero attached hydrogens (tertiary/aromatic N) is 1. The molecule has 0 aliphatic carbocycles. The van der Waals surface area contributed by atoms with E-state index in [-0.39, 0.29) is 0 Å². The first-order valence-corrected chi connectivity index (χ1v) is 5.82. The zero-order valence-electron chi connectivity index (χ0n) is 9.55. The first-order chi connectivity index (χ1) is 7.04. The highest BCUT2D eigenvalue weighted by molar-refractivity contribution is 7.90. The molecule has 0 spiro atoms. The monoisotopic (exact) mass is 249 g/mol. The summed E-state index contributed by atoms with van der Waals surface area (Å²) in [6.07, 6.45) is 0. The number of carboxylic acids is 2. The van der Waals surface area contributed by atoms with Crippen LogP contribution in [-0.4, -0.2) is 47.3 Å². The first-order valence-electron chi connectivity index (χ1n) is 4.72. The third kappa shape index (κ3) is 1.79. The van der Waals surface area contributed by atoms with Crippen LogP contribution in [0.4, 0.5) is 0 Å². The lowest BCUT2D eigenvalue weighted by molar-refractivity contribution is -0.143. The van der Waals surface area contributed by atoms with Crippen LogP contribution < -0.4 is 0 Å². The zero-order chi connectivity index (χ0) is 12.9. The Morgan fingerprint density at radius 3 is 2.00 bits per heavy atom. The maximum absolute atomic E-state index is 12.0. The van der Waals surface area contributed by atoms with Crippen LogP contribution in [0.5, 0.6) is 0 Å². The molecule has 6 nitrogen and oxygen atoms in total. The summed E-state index contributed by atoms with van der Waals surface area (Å²) in [7, 11) is 0. The quantitative estimate of drug-likeness (QED) is 0.542. The van der Waals surface area contributed by atoms with E-state index < -0.39 is 39.6 Å². The van der Waals surface area contributed by atoms with Gasteiger partial charge in [0.1, 0.15) is 4.75 Å². The van der Waals surface area contributed by atoms with Gasteiger partial charge in [0.15, 0.2) is 11.6 Å². The Kier molecular flexibility index (Phi) is 3.00. The Morgan fingerprint density at radius 1 is 1.38 bits per heavy atom. The number of rotatable bonds is 3. The van der Waals surface area contributed by atoms with Gasteiger partial charge in [0, 0.05) is 11.4 Å². The van der Waals surface area contributed by atoms with Gasteiger partial charge in [-0.3, -0.25) is 4.79 Å². The predicted molar refractivity (Wildman–Crippen MR) is 57.2 cm³/mol. The van der Waals surface area contributed by atoms with Crippen LogP contribution in [0.25, 0.3) is 0 Å². The lowest BCUT2D eigenvalue weighted by Gasteiger charge is -2.25. The van der Waals surface area contributed by atoms with Gasteiger partial charge in [0.25, 0.3) is 0 Å². The highest BCUT2D eigenvalue weighted by Crippen LogP contribution is 2.47. The molecule has 1 heterocycles. The lowest BCUT2D eigenvalue weighted by atomic mass is 10.1. The van der Waals surface area contributed by atoms with Crippen LogP contribution in [0.3, 0.4) is 0 Å². The molecule has 1 rings (SSSR count). The largest absolute Gasteiger partial charge is 0.597 e. The van der Waals surface area contributed by atoms with E-state index >= 15 is 0 Å². The smallest absolute Gasteiger partial charge is 0.330 e. The molecule has 0 radical (unpaired) electrons. The van der Waals surface area contributed by atoms with Gasteiger partial charge >= 0.3 is 11.9 Å². The van der Waals surface area contributed by atoms with Crippen molar-refractivity contribution in [2.75, 3.05) is 0 Å². The van der Waals surface area contributed by atoms with Crippen molar-refractivity contribution in [2.24, 2.45) is 0 Å². The molecule has 1 aliphatic rings. The van der Waals surface area contributed by atoms with Gasteiger partial charge < -0.3 is 14.8 Å². The minimum atomic E-state index is -1.65. The van der Waals surface area contributed by atoms with E-state index in [1.165, 1.54) is 6.92 Å². The molecule has 1 aliphatic heterocycles. The van der Waals surface area contributed by atoms with Crippen molar-refractivity contribution in [2.45, 2.75) is 44.0 Å². The highest BCUT2D eigenvalue weighted by Gasteiger charge is 2.77. The molecule has 7 heteroatoms. The van der Waals surface area contributed by atoms with Crippen molar-refractivity contribution in [3.8, 4) is 0 Å². The van der Waals surface area contributed by atoms with Crippen molar-refractivity contribution in [3.63, 3.8) is 0 Å². The molecular weight excluding hydrogens is 234 g/mol. The van der Waals surface area contributed by atoms with Gasteiger partial charge in [-0.05, 0) is 27.7 Å². The molecule has 0 aromatic carbocycles. The Labute approximate surface area is 96.6 Å². The predicted octanol–water partition coefficient (Wildman–Crippen LogP) is 0.0607. The summed E-state index contributed by atoms with van der Waals surface area (Å²) in [5.41, 5.74) is -1.57. The van der Waals surface area contributed by atoms with Crippen molar-refractivity contribution in [1.82, 2.24) is 4.31 Å². The summed E-state index contributed by atoms with van der Waals surface area (Å²) in [6.45, 7) is 6.28. The molecule has 0 amide bonds. The Balaban J connectivity index is 2.99. The van der Waals surface area contributed by atoms with Gasteiger partial charge in [0.2, 0.25) is 0 Å². The second kappa shape index (κ2) is 3.61. The highest BCUT2D eigenvalue weighted by atomic mass is 32.2. The topological polar surface area (TPSA) is 101 Å². The number of carboxylic acid groups (broad SMARTS) is 2. The molecule has 1 saturated heterocycles. The summed E-state index contributed by atoms with van der Waals surface area (Å²) < 4.78 is 12.3. The molecule has 2 N–H and O–H groups in total. The fraction of sp³-hybridized carbons (Fsp3) is 0.778. The molecule has 0 saturated carbocycles. The fourth-order valence-electron chi connectivity index (χ4n) is 1.47. The number of aliphatic carboxylic acids is 2. The molecule has 0 aromatic heterocycles. The average Bonchev–Trinajstić information content (AvgIpc) is 2.70. The van der Waals surface area contributed by atoms with E-state index in [1.54, 1.807) is 20.8 Å². The summed E-state index contributed by atoms with van der Waals surface area (Å²) in [5, 5.41) is 17.9. The summed E-state index contributed by atoms with van der Waals surface area (Å²) in [6, 6.07) is -1.22. The van der Waals surface area contributed by atoms with Crippen LogP contribution >= 0.6 is 0 Å². The van der Waals surface area contributed by atoms with Gasteiger partial charge in [-0.15, -0.1) is 0 Å². The number of carbonyl (C=O) groups is 2. The van der Waals surface area contributed by atoms with Gasteiger partial charge in [-0.2, -0.15) is 0 Å². The second-order valence-electron chi connectivity index (χ2n) is 4.88. The fourth-order valence-corrected chi connectivity index (χ4v) is 3.03. The van der Waals surface area contributed by atoms with Crippen molar-refractivity contribution < 1.29 is 24.4 Å². The molecular formula is C9H15NO5S. The van der Waals surface area contributed by atoms with Crippen LogP contribution in [0.15, 0.2) is 0 Å². The lowest BCUT2D eigenvalue weighted by Crippen LogP contribution is -2.38. The van der Waals surface area contributed by atoms with Crippen molar-refractivity contribution >= 4 is 23.3 Å². The van der Waals surface area contributed by atoms with Crippen LogP contribution in [0.2, 0.25) is 0 Å². The van der Waals surface area contributed by atoms with E-state index in [9.17, 15) is 14.1 Å². The first kappa shape index (κ1) is 13.3. The normalized spacial score (nSPS) is 35.6. The van der Waals surface area contributed by atoms with E-state index in [4.69, 9.17) is 10.2 Å². The summed E-state index contributed by atoms with van der Waals surface area (Å²) in [5.74, 6) is -2.53. The molecule has 0 aromatic rings. The van der Waals surface area contributed by atoms with E-state index in [1.807, 2.05) is 0 Å². The third-order valence-corrected chi connectivity index (χ3v) is 4.52. The van der Waals surface area contributed by atoms with Gasteiger partial charge in [-0.25, -0.2) is 4.79 Å². The summed E-state index contributed by atoms with van der Waals surface area (Å²) in [4.78, 5) is 21.9. The van der Waals surface area contributed by atoms with Crippen molar-refractivity contribution in [3.05, 3.63) is 0 Å². The van der Waals surface area contributed by atoms with Crippen LogP contribution in [0, 0.1) is 0 Å². The molecule has 2 unspecified atom stereocenters. The van der Waals surface area contributed by atoms with Gasteiger partial charge in [-0.1, -0.05) is 4.31 Å². The maximum atomic E-state index is 12.0. The average molecular weight is 249 g/mol. The Morgan fingerprint density at radius 2 is 1.81 bits per heavy atom. The minimum absolute atomic E-state index is 0.680. The van der Waals surface area contributed by atoms with E-state index in [2.05, 4.69) is 0 Å². The third-order valence-electron chi connectivity index (χ3n) is 2.53. The molecule has 16 heavy (non-hydrogen) atoms. The van der Waals surface area contributed by atoms with E-state index in [0.717, 1.165) is 4.31 Å². The van der Waals surface area contributed by atoms with Crippen molar-refractivity contribution in [1.29, 1.82) is 0 Å². The standard InChI is InChI=1S/C9H15NO5S/c1-8(2,3)16(15)10-5(6(11)12)9(10,4)7(13)14/h5H,1-4H3,(H,11,12)(H,13,14)/t5-,9-,10?,16?/m0/s1. The molecule has 4 atom stereocenters. The Bertz CT molecular complexity index is 339.